The molecule has 0 heterocycles. The van der Waals surface area contributed by atoms with Crippen LogP contribution < -0.4 is 5.32 Å². The van der Waals surface area contributed by atoms with Crippen LogP contribution in [0.15, 0.2) is 0 Å². The molecule has 0 radical (unpaired) electrons. The highest BCUT2D eigenvalue weighted by molar-refractivity contribution is 6.38. The van der Waals surface area contributed by atoms with E-state index in [1.165, 1.54) is 0 Å². The van der Waals surface area contributed by atoms with Crippen LogP contribution in [0, 0.1) is 0 Å². The standard InChI is InChI=1S/C4H13B2NO/c1-4(2,7-3)6-8-5/h6-7H,5H2,1-3H3. The van der Waals surface area contributed by atoms with Gasteiger partial charge in [-0.3, -0.25) is 0 Å². The van der Waals surface area contributed by atoms with Crippen molar-refractivity contribution in [3.63, 3.8) is 0 Å². The Morgan fingerprint density at radius 3 is 2.25 bits per heavy atom. The molecule has 0 amide bonds. The Morgan fingerprint density at radius 2 is 2.12 bits per heavy atom. The van der Waals surface area contributed by atoms with Crippen molar-refractivity contribution in [2.24, 2.45) is 0 Å². The number of rotatable bonds is 3. The molecule has 0 bridgehead atoms. The molecule has 2 nitrogen and oxygen atoms in total. The number of nitrogens with one attached hydrogen (secondary N) is 1. The summed E-state index contributed by atoms with van der Waals surface area (Å²) < 4.78 is 4.94. The minimum absolute atomic E-state index is 0.120. The van der Waals surface area contributed by atoms with Crippen molar-refractivity contribution in [2.75, 3.05) is 7.05 Å². The molecule has 0 atom stereocenters. The van der Waals surface area contributed by atoms with Gasteiger partial charge in [-0.25, -0.2) is 0 Å². The van der Waals surface area contributed by atoms with Crippen molar-refractivity contribution in [2.45, 2.75) is 19.3 Å². The molecule has 0 fully saturated rings. The molecule has 46 valence electrons. The molecule has 0 saturated carbocycles. The smallest absolute Gasteiger partial charge is 0.277 e. The first kappa shape index (κ1) is 8.05. The van der Waals surface area contributed by atoms with Crippen LogP contribution in [-0.2, 0) is 4.57 Å². The summed E-state index contributed by atoms with van der Waals surface area (Å²) in [6, 6.07) is 0. The highest BCUT2D eigenvalue weighted by Crippen LogP contribution is 1.95. The van der Waals surface area contributed by atoms with E-state index in [9.17, 15) is 0 Å². The Balaban J connectivity index is 3.37. The molecule has 4 heteroatoms. The van der Waals surface area contributed by atoms with Crippen molar-refractivity contribution in [1.82, 2.24) is 5.32 Å². The van der Waals surface area contributed by atoms with Crippen LogP contribution >= 0.6 is 0 Å². The minimum Gasteiger partial charge on any atom is -0.506 e. The minimum atomic E-state index is 0.120. The predicted octanol–water partition coefficient (Wildman–Crippen LogP) is -1.14. The van der Waals surface area contributed by atoms with Crippen LogP contribution in [0.25, 0.3) is 0 Å². The molecule has 0 saturated heterocycles. The fourth-order valence-electron chi connectivity index (χ4n) is 0.433. The second-order valence-electron chi connectivity index (χ2n) is 2.57. The molecule has 0 aromatic carbocycles. The van der Waals surface area contributed by atoms with E-state index in [0.717, 1.165) is 7.48 Å². The monoisotopic (exact) mass is 113 g/mol. The summed E-state index contributed by atoms with van der Waals surface area (Å²) in [7, 11) is 4.39. The molecule has 0 aromatic rings. The largest absolute Gasteiger partial charge is 0.506 e. The normalized spacial score (nSPS) is 11.4. The molecule has 0 aliphatic heterocycles. The second-order valence-corrected chi connectivity index (χ2v) is 2.57. The van der Waals surface area contributed by atoms with Crippen molar-refractivity contribution in [1.29, 1.82) is 0 Å². The summed E-state index contributed by atoms with van der Waals surface area (Å²) in [6.45, 7) is 4.19. The van der Waals surface area contributed by atoms with Gasteiger partial charge in [-0.1, -0.05) is 13.8 Å². The highest BCUT2D eigenvalue weighted by atomic mass is 16.4. The van der Waals surface area contributed by atoms with E-state index < -0.39 is 0 Å². The highest BCUT2D eigenvalue weighted by Gasteiger charge is 2.15. The Morgan fingerprint density at radius 1 is 1.62 bits per heavy atom. The van der Waals surface area contributed by atoms with Crippen LogP contribution in [0.4, 0.5) is 0 Å². The molecule has 8 heavy (non-hydrogen) atoms. The fraction of sp³-hybridized carbons (Fsp3) is 1.00. The van der Waals surface area contributed by atoms with E-state index in [2.05, 4.69) is 19.2 Å². The van der Waals surface area contributed by atoms with Crippen LogP contribution in [-0.4, -0.2) is 28.0 Å². The zero-order chi connectivity index (χ0) is 6.62. The number of hydrogen-bond acceptors (Lipinski definition) is 2. The average molecular weight is 113 g/mol. The predicted molar refractivity (Wildman–Crippen MR) is 39.9 cm³/mol. The van der Waals surface area contributed by atoms with E-state index in [0.29, 0.717) is 0 Å². The Bertz CT molecular complexity index is 67.1. The lowest BCUT2D eigenvalue weighted by Gasteiger charge is -2.20. The van der Waals surface area contributed by atoms with Gasteiger partial charge in [-0.2, -0.15) is 0 Å². The van der Waals surface area contributed by atoms with E-state index in [1.54, 1.807) is 8.05 Å². The molecule has 1 N–H and O–H groups in total. The van der Waals surface area contributed by atoms with Gasteiger partial charge >= 0.3 is 0 Å². The van der Waals surface area contributed by atoms with Gasteiger partial charge in [0.05, 0.1) is 0 Å². The van der Waals surface area contributed by atoms with Crippen molar-refractivity contribution >= 4 is 15.5 Å². The van der Waals surface area contributed by atoms with Gasteiger partial charge in [-0.05, 0) is 7.05 Å². The van der Waals surface area contributed by atoms with Gasteiger partial charge in [0, 0.05) is 5.44 Å². The quantitative estimate of drug-likeness (QED) is 0.467. The zero-order valence-corrected chi connectivity index (χ0v) is 6.12. The molecule has 0 aromatic heterocycles. The van der Waals surface area contributed by atoms with Crippen LogP contribution in [0.2, 0.25) is 0 Å². The van der Waals surface area contributed by atoms with Crippen molar-refractivity contribution < 1.29 is 4.57 Å². The van der Waals surface area contributed by atoms with Gasteiger partial charge in [-0.15, -0.1) is 0 Å². The van der Waals surface area contributed by atoms with Gasteiger partial charge in [0.25, 0.3) is 7.48 Å². The lowest BCUT2D eigenvalue weighted by atomic mass is 9.74. The van der Waals surface area contributed by atoms with Crippen LogP contribution in [0.5, 0.6) is 0 Å². The van der Waals surface area contributed by atoms with E-state index in [1.807, 2.05) is 7.05 Å². The van der Waals surface area contributed by atoms with Gasteiger partial charge < -0.3 is 9.89 Å². The Labute approximate surface area is 52.7 Å². The first-order valence-electron chi connectivity index (χ1n) is 2.80. The molecule has 0 unspecified atom stereocenters. The maximum Gasteiger partial charge on any atom is 0.277 e. The van der Waals surface area contributed by atoms with Crippen molar-refractivity contribution in [3.05, 3.63) is 0 Å². The van der Waals surface area contributed by atoms with Crippen molar-refractivity contribution in [3.8, 4) is 0 Å². The average Bonchev–Trinajstić information content (AvgIpc) is 1.67. The maximum atomic E-state index is 4.94. The van der Waals surface area contributed by atoms with E-state index in [4.69, 9.17) is 4.57 Å². The third-order valence-corrected chi connectivity index (χ3v) is 1.18. The molecule has 0 aliphatic carbocycles. The first-order valence-corrected chi connectivity index (χ1v) is 2.80. The molecular formula is C4H13B2NO. The molecule has 0 spiro atoms. The van der Waals surface area contributed by atoms with Gasteiger partial charge in [0.15, 0.2) is 0 Å². The zero-order valence-electron chi connectivity index (χ0n) is 6.12. The second kappa shape index (κ2) is 3.15. The van der Waals surface area contributed by atoms with Gasteiger partial charge in [0.1, 0.15) is 0 Å². The summed E-state index contributed by atoms with van der Waals surface area (Å²) >= 11 is 0. The summed E-state index contributed by atoms with van der Waals surface area (Å²) in [5, 5.41) is 3.12. The Kier molecular flexibility index (Phi) is 3.17. The SMILES string of the molecule is BOBC(C)(C)NC. The van der Waals surface area contributed by atoms with Gasteiger partial charge in [0.2, 0.25) is 8.05 Å². The lowest BCUT2D eigenvalue weighted by Crippen LogP contribution is -2.43. The fourth-order valence-corrected chi connectivity index (χ4v) is 0.433. The summed E-state index contributed by atoms with van der Waals surface area (Å²) in [6.07, 6.45) is 0. The first-order chi connectivity index (χ1) is 3.62. The molecule has 0 rings (SSSR count). The molecule has 0 aliphatic rings. The lowest BCUT2D eigenvalue weighted by molar-refractivity contribution is 0.516. The Hall–Kier alpha value is 0.0499. The van der Waals surface area contributed by atoms with E-state index >= 15 is 0 Å². The van der Waals surface area contributed by atoms with E-state index in [-0.39, 0.29) is 5.44 Å². The van der Waals surface area contributed by atoms with Crippen LogP contribution in [0.3, 0.4) is 0 Å². The van der Waals surface area contributed by atoms with Crippen LogP contribution in [0.1, 0.15) is 13.8 Å². The number of hydrogen-bond donors (Lipinski definition) is 1. The summed E-state index contributed by atoms with van der Waals surface area (Å²) in [5.41, 5.74) is 0.120. The third kappa shape index (κ3) is 3.10. The summed E-state index contributed by atoms with van der Waals surface area (Å²) in [4.78, 5) is 0. The maximum absolute atomic E-state index is 4.94. The molecular weight excluding hydrogens is 99.7 g/mol. The topological polar surface area (TPSA) is 21.3 Å². The summed E-state index contributed by atoms with van der Waals surface area (Å²) in [5.74, 6) is 0. The third-order valence-electron chi connectivity index (χ3n) is 1.18.